The zero-order chi connectivity index (χ0) is 16.7. The molecule has 1 aromatic heterocycles. The van der Waals surface area contributed by atoms with Gasteiger partial charge >= 0.3 is 0 Å². The van der Waals surface area contributed by atoms with E-state index in [2.05, 4.69) is 0 Å². The second kappa shape index (κ2) is 8.14. The van der Waals surface area contributed by atoms with E-state index < -0.39 is 0 Å². The van der Waals surface area contributed by atoms with Crippen molar-refractivity contribution in [1.29, 1.82) is 10.5 Å². The van der Waals surface area contributed by atoms with Crippen molar-refractivity contribution in [3.63, 3.8) is 0 Å². The van der Waals surface area contributed by atoms with Crippen molar-refractivity contribution in [2.75, 3.05) is 13.1 Å². The minimum absolute atomic E-state index is 0.102. The van der Waals surface area contributed by atoms with Crippen LogP contribution in [0.3, 0.4) is 0 Å². The van der Waals surface area contributed by atoms with Crippen molar-refractivity contribution in [3.05, 3.63) is 52.4 Å². The summed E-state index contributed by atoms with van der Waals surface area (Å²) < 4.78 is 0. The number of benzene rings is 1. The number of rotatable bonds is 5. The zero-order valence-electron chi connectivity index (χ0n) is 12.1. The molecule has 0 radical (unpaired) electrons. The summed E-state index contributed by atoms with van der Waals surface area (Å²) in [7, 11) is 0. The highest BCUT2D eigenvalue weighted by Crippen LogP contribution is 2.30. The highest BCUT2D eigenvalue weighted by Gasteiger charge is 2.09. The molecule has 1 amide bonds. The zero-order valence-corrected chi connectivity index (χ0v) is 13.6. The van der Waals surface area contributed by atoms with Crippen molar-refractivity contribution in [2.24, 2.45) is 0 Å². The molecule has 0 saturated heterocycles. The molecule has 0 aliphatic heterocycles. The van der Waals surface area contributed by atoms with Crippen molar-refractivity contribution in [3.8, 4) is 22.6 Å². The second-order valence-corrected chi connectivity index (χ2v) is 6.11. The molecule has 114 valence electrons. The monoisotopic (exact) mass is 341 g/mol. The quantitative estimate of drug-likeness (QED) is 0.610. The van der Waals surface area contributed by atoms with Gasteiger partial charge in [0.05, 0.1) is 12.1 Å². The molecule has 0 N–H and O–H groups in total. The average molecular weight is 342 g/mol. The van der Waals surface area contributed by atoms with E-state index in [9.17, 15) is 4.79 Å². The lowest BCUT2D eigenvalue weighted by Gasteiger charge is -2.12. The van der Waals surface area contributed by atoms with Gasteiger partial charge in [-0.2, -0.15) is 10.5 Å². The Hall–Kier alpha value is -2.60. The smallest absolute Gasteiger partial charge is 0.248 e. The summed E-state index contributed by atoms with van der Waals surface area (Å²) >= 11 is 7.52. The second-order valence-electron chi connectivity index (χ2n) is 4.56. The van der Waals surface area contributed by atoms with E-state index in [0.717, 1.165) is 15.3 Å². The summed E-state index contributed by atoms with van der Waals surface area (Å²) in [5, 5.41) is 18.0. The normalized spacial score (nSPS) is 10.2. The van der Waals surface area contributed by atoms with E-state index >= 15 is 0 Å². The molecular weight excluding hydrogens is 330 g/mol. The van der Waals surface area contributed by atoms with Crippen LogP contribution < -0.4 is 0 Å². The number of amides is 1. The highest BCUT2D eigenvalue weighted by atomic mass is 35.5. The number of hydrogen-bond acceptors (Lipinski definition) is 4. The van der Waals surface area contributed by atoms with Crippen LogP contribution in [0.1, 0.15) is 4.88 Å². The lowest BCUT2D eigenvalue weighted by atomic mass is 10.2. The summed E-state index contributed by atoms with van der Waals surface area (Å²) in [6, 6.07) is 15.2. The third kappa shape index (κ3) is 4.69. The van der Waals surface area contributed by atoms with Gasteiger partial charge in [0.25, 0.3) is 0 Å². The van der Waals surface area contributed by atoms with E-state index in [0.29, 0.717) is 5.02 Å². The summed E-state index contributed by atoms with van der Waals surface area (Å²) in [6.45, 7) is -0.204. The van der Waals surface area contributed by atoms with Gasteiger partial charge in [-0.05, 0) is 35.9 Å². The highest BCUT2D eigenvalue weighted by molar-refractivity contribution is 7.16. The average Bonchev–Trinajstić information content (AvgIpc) is 3.01. The third-order valence-electron chi connectivity index (χ3n) is 2.96. The van der Waals surface area contributed by atoms with Gasteiger partial charge in [-0.1, -0.05) is 23.7 Å². The predicted octanol–water partition coefficient (Wildman–Crippen LogP) is 3.96. The molecule has 0 saturated carbocycles. The van der Waals surface area contributed by atoms with Crippen molar-refractivity contribution in [1.82, 2.24) is 4.90 Å². The van der Waals surface area contributed by atoms with Crippen LogP contribution in [0.15, 0.2) is 42.5 Å². The minimum atomic E-state index is -0.356. The fourth-order valence-corrected chi connectivity index (χ4v) is 2.98. The lowest BCUT2D eigenvalue weighted by molar-refractivity contribution is -0.124. The summed E-state index contributed by atoms with van der Waals surface area (Å²) in [4.78, 5) is 15.1. The van der Waals surface area contributed by atoms with Crippen LogP contribution in [0.25, 0.3) is 16.5 Å². The first-order chi connectivity index (χ1) is 11.1. The van der Waals surface area contributed by atoms with E-state index in [1.54, 1.807) is 6.08 Å². The maximum atomic E-state index is 11.9. The van der Waals surface area contributed by atoms with Crippen LogP contribution in [0.5, 0.6) is 0 Å². The number of thiophene rings is 1. The Kier molecular flexibility index (Phi) is 5.94. The summed E-state index contributed by atoms with van der Waals surface area (Å²) in [6.07, 6.45) is 3.06. The number of halogens is 1. The SMILES string of the molecule is N#CCN(CC#N)C(=O)C=Cc1ccc(-c2cccc(Cl)c2)s1. The van der Waals surface area contributed by atoms with Crippen LogP contribution in [0, 0.1) is 22.7 Å². The number of nitriles is 2. The van der Waals surface area contributed by atoms with Crippen molar-refractivity contribution in [2.45, 2.75) is 0 Å². The number of carbonyl (C=O) groups is 1. The number of nitrogens with zero attached hydrogens (tertiary/aromatic N) is 3. The Morgan fingerprint density at radius 1 is 1.22 bits per heavy atom. The molecule has 0 atom stereocenters. The van der Waals surface area contributed by atoms with Crippen molar-refractivity contribution < 1.29 is 4.79 Å². The van der Waals surface area contributed by atoms with Crippen LogP contribution in [-0.4, -0.2) is 23.9 Å². The molecule has 2 aromatic rings. The predicted molar refractivity (Wildman–Crippen MR) is 91.6 cm³/mol. The van der Waals surface area contributed by atoms with Gasteiger partial charge in [-0.25, -0.2) is 0 Å². The topological polar surface area (TPSA) is 67.9 Å². The molecule has 0 fully saturated rings. The standard InChI is InChI=1S/C17H12ClN3OS/c18-14-3-1-2-13(12-14)16-6-4-15(23-16)5-7-17(22)21(10-8-19)11-9-20/h1-7,12H,10-11H2. The van der Waals surface area contributed by atoms with Gasteiger partial charge in [-0.15, -0.1) is 11.3 Å². The minimum Gasteiger partial charge on any atom is -0.313 e. The molecule has 0 spiro atoms. The summed E-state index contributed by atoms with van der Waals surface area (Å²) in [5.74, 6) is -0.356. The van der Waals surface area contributed by atoms with Crippen LogP contribution in [-0.2, 0) is 4.79 Å². The Bertz CT molecular complexity index is 798. The molecule has 2 rings (SSSR count). The molecule has 1 aromatic carbocycles. The Morgan fingerprint density at radius 2 is 1.96 bits per heavy atom. The van der Waals surface area contributed by atoms with Gasteiger partial charge in [0, 0.05) is 20.9 Å². The maximum Gasteiger partial charge on any atom is 0.248 e. The molecule has 23 heavy (non-hydrogen) atoms. The van der Waals surface area contributed by atoms with E-state index in [1.165, 1.54) is 22.3 Å². The molecule has 4 nitrogen and oxygen atoms in total. The van der Waals surface area contributed by atoms with Crippen LogP contribution in [0.4, 0.5) is 0 Å². The maximum absolute atomic E-state index is 11.9. The molecule has 1 heterocycles. The van der Waals surface area contributed by atoms with E-state index in [1.807, 2.05) is 48.5 Å². The summed E-state index contributed by atoms with van der Waals surface area (Å²) in [5.41, 5.74) is 1.02. The lowest BCUT2D eigenvalue weighted by Crippen LogP contribution is -2.30. The Labute approximate surface area is 143 Å². The van der Waals surface area contributed by atoms with Gasteiger partial charge in [0.15, 0.2) is 0 Å². The molecule has 0 aliphatic carbocycles. The van der Waals surface area contributed by atoms with E-state index in [4.69, 9.17) is 22.1 Å². The third-order valence-corrected chi connectivity index (χ3v) is 4.30. The first-order valence-corrected chi connectivity index (χ1v) is 7.90. The van der Waals surface area contributed by atoms with Gasteiger partial charge in [0.2, 0.25) is 5.91 Å². The Morgan fingerprint density at radius 3 is 2.61 bits per heavy atom. The first-order valence-electron chi connectivity index (χ1n) is 6.70. The largest absolute Gasteiger partial charge is 0.313 e. The Balaban J connectivity index is 2.11. The van der Waals surface area contributed by atoms with Crippen LogP contribution >= 0.6 is 22.9 Å². The van der Waals surface area contributed by atoms with Crippen molar-refractivity contribution >= 4 is 34.9 Å². The molecule has 6 heteroatoms. The molecule has 0 aliphatic rings. The fraction of sp³-hybridized carbons (Fsp3) is 0.118. The first kappa shape index (κ1) is 16.8. The molecule has 0 unspecified atom stereocenters. The van der Waals surface area contributed by atoms with Gasteiger partial charge < -0.3 is 4.90 Å². The molecule has 0 bridgehead atoms. The fourth-order valence-electron chi connectivity index (χ4n) is 1.88. The molecular formula is C17H12ClN3OS. The number of hydrogen-bond donors (Lipinski definition) is 0. The van der Waals surface area contributed by atoms with Gasteiger partial charge in [-0.3, -0.25) is 4.79 Å². The van der Waals surface area contributed by atoms with Gasteiger partial charge in [0.1, 0.15) is 13.1 Å². The number of carbonyl (C=O) groups excluding carboxylic acids is 1. The van der Waals surface area contributed by atoms with Crippen LogP contribution in [0.2, 0.25) is 5.02 Å². The van der Waals surface area contributed by atoms with E-state index in [-0.39, 0.29) is 19.0 Å².